The van der Waals surface area contributed by atoms with Gasteiger partial charge >= 0.3 is 0 Å². The van der Waals surface area contributed by atoms with Gasteiger partial charge in [-0.3, -0.25) is 0 Å². The van der Waals surface area contributed by atoms with E-state index in [4.69, 9.17) is 5.73 Å². The van der Waals surface area contributed by atoms with Crippen molar-refractivity contribution in [3.63, 3.8) is 0 Å². The van der Waals surface area contributed by atoms with E-state index < -0.39 is 0 Å². The van der Waals surface area contributed by atoms with Gasteiger partial charge in [-0.2, -0.15) is 0 Å². The molecular formula is C22H33FN6. The molecule has 2 aromatic rings. The molecule has 0 radical (unpaired) electrons. The second-order valence-electron chi connectivity index (χ2n) is 8.55. The number of anilines is 4. The molecule has 29 heavy (non-hydrogen) atoms. The fourth-order valence-electron chi connectivity index (χ4n) is 3.88. The smallest absolute Gasteiger partial charge is 0.157 e. The van der Waals surface area contributed by atoms with Gasteiger partial charge in [-0.25, -0.2) is 14.4 Å². The average molecular weight is 401 g/mol. The number of nitrogen functional groups attached to an aromatic ring is 1. The van der Waals surface area contributed by atoms with Crippen LogP contribution in [0.25, 0.3) is 0 Å². The Morgan fingerprint density at radius 3 is 2.14 bits per heavy atom. The highest BCUT2D eigenvalue weighted by atomic mass is 19.1. The average Bonchev–Trinajstić information content (AvgIpc) is 2.68. The maximum Gasteiger partial charge on any atom is 0.157 e. The van der Waals surface area contributed by atoms with Crippen LogP contribution in [0.5, 0.6) is 0 Å². The van der Waals surface area contributed by atoms with Crippen LogP contribution in [-0.4, -0.2) is 49.2 Å². The lowest BCUT2D eigenvalue weighted by Crippen LogP contribution is -2.47. The highest BCUT2D eigenvalue weighted by Crippen LogP contribution is 2.31. The lowest BCUT2D eigenvalue weighted by atomic mass is 10.1. The molecule has 3 rings (SSSR count). The number of rotatable bonds is 7. The first-order valence-corrected chi connectivity index (χ1v) is 10.5. The zero-order chi connectivity index (χ0) is 21.0. The fraction of sp³-hybridized carbons (Fsp3) is 0.545. The van der Waals surface area contributed by atoms with E-state index >= 15 is 0 Å². The van der Waals surface area contributed by atoms with E-state index in [0.717, 1.165) is 50.9 Å². The molecule has 0 atom stereocenters. The quantitative estimate of drug-likeness (QED) is 0.766. The first-order valence-electron chi connectivity index (χ1n) is 10.5. The minimum Gasteiger partial charge on any atom is -0.393 e. The normalized spacial score (nSPS) is 14.7. The summed E-state index contributed by atoms with van der Waals surface area (Å²) < 4.78 is 14.1. The van der Waals surface area contributed by atoms with Gasteiger partial charge < -0.3 is 20.4 Å². The molecular weight excluding hydrogens is 367 g/mol. The van der Waals surface area contributed by atoms with E-state index in [1.165, 1.54) is 6.07 Å². The third-order valence-corrected chi connectivity index (χ3v) is 5.08. The topological polar surface area (TPSA) is 61.5 Å². The molecule has 158 valence electrons. The van der Waals surface area contributed by atoms with E-state index in [1.807, 2.05) is 12.1 Å². The van der Waals surface area contributed by atoms with Crippen molar-refractivity contribution in [2.45, 2.75) is 27.7 Å². The largest absolute Gasteiger partial charge is 0.393 e. The summed E-state index contributed by atoms with van der Waals surface area (Å²) in [6, 6.07) is 6.93. The van der Waals surface area contributed by atoms with Gasteiger partial charge in [0.1, 0.15) is 17.8 Å². The van der Waals surface area contributed by atoms with E-state index in [1.54, 1.807) is 12.4 Å². The SMILES string of the molecule is CC(C)CN(CC(C)C)c1ncnc(N2CCN(c3ccccc3F)CC2)c1N. The Morgan fingerprint density at radius 2 is 1.55 bits per heavy atom. The van der Waals surface area contributed by atoms with Gasteiger partial charge in [0.25, 0.3) is 0 Å². The number of benzene rings is 1. The van der Waals surface area contributed by atoms with Crippen molar-refractivity contribution < 1.29 is 4.39 Å². The molecule has 2 N–H and O–H groups in total. The molecule has 1 fully saturated rings. The third kappa shape index (κ3) is 5.08. The maximum atomic E-state index is 14.1. The first kappa shape index (κ1) is 21.1. The van der Waals surface area contributed by atoms with Crippen LogP contribution in [0.2, 0.25) is 0 Å². The van der Waals surface area contributed by atoms with Gasteiger partial charge in [0.15, 0.2) is 11.6 Å². The van der Waals surface area contributed by atoms with E-state index in [0.29, 0.717) is 23.2 Å². The van der Waals surface area contributed by atoms with Crippen LogP contribution in [0.4, 0.5) is 27.4 Å². The summed E-state index contributed by atoms with van der Waals surface area (Å²) in [4.78, 5) is 15.5. The number of halogens is 1. The Balaban J connectivity index is 1.77. The Labute approximate surface area is 173 Å². The molecule has 1 aromatic heterocycles. The monoisotopic (exact) mass is 400 g/mol. The van der Waals surface area contributed by atoms with Crippen molar-refractivity contribution in [2.75, 3.05) is 59.7 Å². The summed E-state index contributed by atoms with van der Waals surface area (Å²) in [5.74, 6) is 2.43. The van der Waals surface area contributed by atoms with Crippen molar-refractivity contribution in [3.8, 4) is 0 Å². The molecule has 0 spiro atoms. The summed E-state index contributed by atoms with van der Waals surface area (Å²) in [6.45, 7) is 13.5. The Kier molecular flexibility index (Phi) is 6.77. The molecule has 0 saturated carbocycles. The molecule has 1 aliphatic heterocycles. The van der Waals surface area contributed by atoms with Crippen molar-refractivity contribution in [3.05, 3.63) is 36.4 Å². The summed E-state index contributed by atoms with van der Waals surface area (Å²) in [7, 11) is 0. The van der Waals surface area contributed by atoms with Crippen LogP contribution in [0.3, 0.4) is 0 Å². The zero-order valence-electron chi connectivity index (χ0n) is 18.0. The fourth-order valence-corrected chi connectivity index (χ4v) is 3.88. The molecule has 1 aromatic carbocycles. The van der Waals surface area contributed by atoms with Gasteiger partial charge in [-0.1, -0.05) is 39.8 Å². The number of piperazine rings is 1. The number of hydrogen-bond donors (Lipinski definition) is 1. The second-order valence-corrected chi connectivity index (χ2v) is 8.55. The van der Waals surface area contributed by atoms with Crippen LogP contribution in [0, 0.1) is 17.7 Å². The van der Waals surface area contributed by atoms with Gasteiger partial charge in [0, 0.05) is 39.3 Å². The number of aromatic nitrogens is 2. The van der Waals surface area contributed by atoms with Gasteiger partial charge in [-0.15, -0.1) is 0 Å². The lowest BCUT2D eigenvalue weighted by molar-refractivity contribution is 0.548. The van der Waals surface area contributed by atoms with Gasteiger partial charge in [0.05, 0.1) is 5.69 Å². The molecule has 0 unspecified atom stereocenters. The van der Waals surface area contributed by atoms with E-state index in [9.17, 15) is 4.39 Å². The second kappa shape index (κ2) is 9.29. The summed E-state index contributed by atoms with van der Waals surface area (Å²) >= 11 is 0. The minimum atomic E-state index is -0.178. The molecule has 7 heteroatoms. The zero-order valence-corrected chi connectivity index (χ0v) is 18.0. The number of para-hydroxylation sites is 1. The maximum absolute atomic E-state index is 14.1. The van der Waals surface area contributed by atoms with Crippen LogP contribution >= 0.6 is 0 Å². The van der Waals surface area contributed by atoms with Gasteiger partial charge in [-0.05, 0) is 24.0 Å². The molecule has 1 aliphatic rings. The Morgan fingerprint density at radius 1 is 0.966 bits per heavy atom. The van der Waals surface area contributed by atoms with Gasteiger partial charge in [0.2, 0.25) is 0 Å². The summed E-state index contributed by atoms with van der Waals surface area (Å²) in [5.41, 5.74) is 7.84. The molecule has 0 aliphatic carbocycles. The molecule has 0 bridgehead atoms. The standard InChI is InChI=1S/C22H33FN6/c1-16(2)13-29(14-17(3)4)22-20(24)21(25-15-26-22)28-11-9-27(10-12-28)19-8-6-5-7-18(19)23/h5-8,15-17H,9-14,24H2,1-4H3. The van der Waals surface area contributed by atoms with Crippen molar-refractivity contribution in [2.24, 2.45) is 11.8 Å². The minimum absolute atomic E-state index is 0.178. The van der Waals surface area contributed by atoms with Crippen LogP contribution in [0.1, 0.15) is 27.7 Å². The third-order valence-electron chi connectivity index (χ3n) is 5.08. The summed E-state index contributed by atoms with van der Waals surface area (Å²) in [5, 5.41) is 0. The van der Waals surface area contributed by atoms with E-state index in [2.05, 4.69) is 52.4 Å². The molecule has 0 amide bonds. The van der Waals surface area contributed by atoms with Crippen molar-refractivity contribution in [1.29, 1.82) is 0 Å². The number of hydrogen-bond acceptors (Lipinski definition) is 6. The highest BCUT2D eigenvalue weighted by molar-refractivity contribution is 5.76. The Bertz CT molecular complexity index is 792. The van der Waals surface area contributed by atoms with Crippen molar-refractivity contribution in [1.82, 2.24) is 9.97 Å². The lowest BCUT2D eigenvalue weighted by Gasteiger charge is -2.37. The van der Waals surface area contributed by atoms with Crippen LogP contribution in [-0.2, 0) is 0 Å². The highest BCUT2D eigenvalue weighted by Gasteiger charge is 2.24. The first-order chi connectivity index (χ1) is 13.9. The number of nitrogens with zero attached hydrogens (tertiary/aromatic N) is 5. The predicted octanol–water partition coefficient (Wildman–Crippen LogP) is 3.64. The van der Waals surface area contributed by atoms with Crippen LogP contribution in [0.15, 0.2) is 30.6 Å². The number of nitrogens with two attached hydrogens (primary N) is 1. The molecule has 6 nitrogen and oxygen atoms in total. The van der Waals surface area contributed by atoms with Crippen LogP contribution < -0.4 is 20.4 Å². The van der Waals surface area contributed by atoms with E-state index in [-0.39, 0.29) is 5.82 Å². The van der Waals surface area contributed by atoms with Crippen molar-refractivity contribution >= 4 is 23.0 Å². The predicted molar refractivity (Wildman–Crippen MR) is 119 cm³/mol. The Hall–Kier alpha value is -2.57. The summed E-state index contributed by atoms with van der Waals surface area (Å²) in [6.07, 6.45) is 1.61. The molecule has 1 saturated heterocycles. The molecule has 2 heterocycles.